The summed E-state index contributed by atoms with van der Waals surface area (Å²) >= 11 is 0. The fourth-order valence-corrected chi connectivity index (χ4v) is 3.74. The summed E-state index contributed by atoms with van der Waals surface area (Å²) in [4.78, 5) is 36.2. The van der Waals surface area contributed by atoms with Crippen LogP contribution >= 0.6 is 0 Å². The molecule has 1 heterocycles. The van der Waals surface area contributed by atoms with Crippen molar-refractivity contribution in [3.63, 3.8) is 0 Å². The number of nitrogens with one attached hydrogen (secondary N) is 1. The smallest absolute Gasteiger partial charge is 0.471 e. The van der Waals surface area contributed by atoms with Gasteiger partial charge in [0.25, 0.3) is 0 Å². The molecule has 7 nitrogen and oxygen atoms in total. The molecule has 27 heavy (non-hydrogen) atoms. The standard InChI is InChI=1S/C17H25F3N2O5/c1-15(2,3)9(21-13(25)17(18,19)20)7-27-14(26)22-6-8-10(16(8,4)5)11(22)12(23)24/h8-11H,6-7H2,1-5H3,(H,21,25)(H,23,24)/t8-,9+,10-,11-/m0/s1. The van der Waals surface area contributed by atoms with Crippen LogP contribution in [0.1, 0.15) is 34.6 Å². The summed E-state index contributed by atoms with van der Waals surface area (Å²) in [5.41, 5.74) is -0.989. The molecular weight excluding hydrogens is 369 g/mol. The van der Waals surface area contributed by atoms with Crippen LogP contribution in [0.3, 0.4) is 0 Å². The number of amides is 2. The Balaban J connectivity index is 2.02. The Labute approximate surface area is 155 Å². The number of aliphatic carboxylic acids is 1. The molecule has 2 N–H and O–H groups in total. The number of alkyl halides is 3. The molecule has 2 fully saturated rings. The summed E-state index contributed by atoms with van der Waals surface area (Å²) in [5.74, 6) is -3.38. The fourth-order valence-electron chi connectivity index (χ4n) is 3.74. The average Bonchev–Trinajstić information content (AvgIpc) is 2.85. The molecule has 4 atom stereocenters. The number of carboxylic acids is 1. The van der Waals surface area contributed by atoms with Gasteiger partial charge in [0.15, 0.2) is 0 Å². The van der Waals surface area contributed by atoms with Crippen LogP contribution in [0.2, 0.25) is 0 Å². The average molecular weight is 394 g/mol. The molecule has 0 aromatic carbocycles. The lowest BCUT2D eigenvalue weighted by Gasteiger charge is -2.33. The summed E-state index contributed by atoms with van der Waals surface area (Å²) in [6.45, 7) is 8.38. The highest BCUT2D eigenvalue weighted by Gasteiger charge is 2.70. The lowest BCUT2D eigenvalue weighted by molar-refractivity contribution is -0.175. The lowest BCUT2D eigenvalue weighted by Crippen LogP contribution is -2.52. The Hall–Kier alpha value is -2.00. The van der Waals surface area contributed by atoms with Gasteiger partial charge in [-0.1, -0.05) is 34.6 Å². The first-order valence-electron chi connectivity index (χ1n) is 8.62. The molecule has 0 aromatic heterocycles. The number of hydrogen-bond acceptors (Lipinski definition) is 4. The van der Waals surface area contributed by atoms with Gasteiger partial charge < -0.3 is 15.2 Å². The maximum absolute atomic E-state index is 12.5. The van der Waals surface area contributed by atoms with Crippen molar-refractivity contribution in [1.29, 1.82) is 0 Å². The zero-order valence-electron chi connectivity index (χ0n) is 15.9. The van der Waals surface area contributed by atoms with Crippen LogP contribution in [-0.4, -0.2) is 59.4 Å². The predicted octanol–water partition coefficient (Wildman–Crippen LogP) is 2.26. The fraction of sp³-hybridized carbons (Fsp3) is 0.824. The number of halogens is 3. The minimum absolute atomic E-state index is 0.0505. The van der Waals surface area contributed by atoms with E-state index in [1.807, 2.05) is 19.2 Å². The molecule has 2 aliphatic rings. The molecule has 0 spiro atoms. The van der Waals surface area contributed by atoms with Crippen LogP contribution in [-0.2, 0) is 14.3 Å². The number of ether oxygens (including phenoxy) is 1. The Bertz CT molecular complexity index is 641. The maximum atomic E-state index is 12.5. The Morgan fingerprint density at radius 2 is 1.81 bits per heavy atom. The van der Waals surface area contributed by atoms with Crippen molar-refractivity contribution >= 4 is 18.0 Å². The topological polar surface area (TPSA) is 95.9 Å². The number of carbonyl (C=O) groups excluding carboxylic acids is 2. The Morgan fingerprint density at radius 1 is 1.26 bits per heavy atom. The molecule has 2 amide bonds. The van der Waals surface area contributed by atoms with Crippen molar-refractivity contribution in [2.24, 2.45) is 22.7 Å². The quantitative estimate of drug-likeness (QED) is 0.763. The molecule has 1 aliphatic heterocycles. The molecule has 1 saturated heterocycles. The minimum Gasteiger partial charge on any atom is -0.480 e. The molecule has 1 saturated carbocycles. The van der Waals surface area contributed by atoms with Crippen molar-refractivity contribution < 1.29 is 37.4 Å². The van der Waals surface area contributed by atoms with Gasteiger partial charge in [-0.3, -0.25) is 9.69 Å². The SMILES string of the molecule is CC(C)(C)[C@@H](COC(=O)N1C[C@H]2[C@@H]([C@H]1C(=O)O)C2(C)C)NC(=O)C(F)(F)F. The van der Waals surface area contributed by atoms with E-state index in [4.69, 9.17) is 4.74 Å². The largest absolute Gasteiger partial charge is 0.480 e. The van der Waals surface area contributed by atoms with Crippen LogP contribution in [0.5, 0.6) is 0 Å². The highest BCUT2D eigenvalue weighted by atomic mass is 19.4. The predicted molar refractivity (Wildman–Crippen MR) is 87.7 cm³/mol. The van der Waals surface area contributed by atoms with Crippen molar-refractivity contribution in [2.45, 2.75) is 52.9 Å². The highest BCUT2D eigenvalue weighted by molar-refractivity contribution is 5.83. The van der Waals surface area contributed by atoms with E-state index < -0.39 is 48.3 Å². The first kappa shape index (κ1) is 21.3. The zero-order chi connectivity index (χ0) is 20.9. The van der Waals surface area contributed by atoms with Gasteiger partial charge in [0, 0.05) is 12.5 Å². The molecule has 0 radical (unpaired) electrons. The van der Waals surface area contributed by atoms with Gasteiger partial charge in [-0.2, -0.15) is 13.2 Å². The van der Waals surface area contributed by atoms with E-state index in [0.29, 0.717) is 0 Å². The van der Waals surface area contributed by atoms with Gasteiger partial charge in [-0.15, -0.1) is 0 Å². The van der Waals surface area contributed by atoms with Crippen molar-refractivity contribution in [3.05, 3.63) is 0 Å². The third kappa shape index (κ3) is 4.14. The van der Waals surface area contributed by atoms with Crippen molar-refractivity contribution in [3.8, 4) is 0 Å². The Morgan fingerprint density at radius 3 is 2.26 bits per heavy atom. The van der Waals surface area contributed by atoms with Crippen molar-refractivity contribution in [2.75, 3.05) is 13.2 Å². The van der Waals surface area contributed by atoms with Gasteiger partial charge in [-0.05, 0) is 16.7 Å². The molecule has 2 rings (SSSR count). The number of carbonyl (C=O) groups is 3. The molecule has 154 valence electrons. The number of fused-ring (bicyclic) bond motifs is 1. The molecular formula is C17H25F3N2O5. The third-order valence-corrected chi connectivity index (χ3v) is 5.68. The number of carboxylic acid groups (broad SMARTS) is 1. The lowest BCUT2D eigenvalue weighted by atomic mass is 9.87. The van der Waals surface area contributed by atoms with E-state index in [1.165, 1.54) is 0 Å². The van der Waals surface area contributed by atoms with Crippen LogP contribution < -0.4 is 5.32 Å². The second-order valence-corrected chi connectivity index (χ2v) is 8.86. The van der Waals surface area contributed by atoms with Gasteiger partial charge in [0.1, 0.15) is 12.6 Å². The normalized spacial score (nSPS) is 27.6. The van der Waals surface area contributed by atoms with Crippen LogP contribution in [0, 0.1) is 22.7 Å². The zero-order valence-corrected chi connectivity index (χ0v) is 15.9. The second-order valence-electron chi connectivity index (χ2n) is 8.86. The number of hydrogen-bond donors (Lipinski definition) is 2. The van der Waals surface area contributed by atoms with Crippen LogP contribution in [0.25, 0.3) is 0 Å². The molecule has 1 aliphatic carbocycles. The first-order valence-corrected chi connectivity index (χ1v) is 8.62. The molecule has 10 heteroatoms. The first-order chi connectivity index (χ1) is 12.1. The van der Waals surface area contributed by atoms with Crippen molar-refractivity contribution in [1.82, 2.24) is 10.2 Å². The van der Waals surface area contributed by atoms with E-state index in [2.05, 4.69) is 0 Å². The van der Waals surface area contributed by atoms with Crippen LogP contribution in [0.15, 0.2) is 0 Å². The summed E-state index contributed by atoms with van der Waals surface area (Å²) in [7, 11) is 0. The number of rotatable bonds is 4. The number of nitrogens with zero attached hydrogens (tertiary/aromatic N) is 1. The second kappa shape index (κ2) is 6.56. The third-order valence-electron chi connectivity index (χ3n) is 5.68. The summed E-state index contributed by atoms with van der Waals surface area (Å²) in [6, 6.07) is -2.11. The van der Waals surface area contributed by atoms with Crippen LogP contribution in [0.4, 0.5) is 18.0 Å². The summed E-state index contributed by atoms with van der Waals surface area (Å²) < 4.78 is 42.6. The van der Waals surface area contributed by atoms with Gasteiger partial charge in [0.05, 0.1) is 6.04 Å². The van der Waals surface area contributed by atoms with E-state index in [9.17, 15) is 32.7 Å². The van der Waals surface area contributed by atoms with Gasteiger partial charge >= 0.3 is 24.1 Å². The van der Waals surface area contributed by atoms with E-state index >= 15 is 0 Å². The molecule has 0 bridgehead atoms. The van der Waals surface area contributed by atoms with E-state index in [1.54, 1.807) is 20.8 Å². The van der Waals surface area contributed by atoms with Gasteiger partial charge in [0.2, 0.25) is 0 Å². The molecule has 0 unspecified atom stereocenters. The summed E-state index contributed by atoms with van der Waals surface area (Å²) in [5, 5.41) is 11.3. The van der Waals surface area contributed by atoms with Gasteiger partial charge in [-0.25, -0.2) is 9.59 Å². The minimum atomic E-state index is -5.05. The van der Waals surface area contributed by atoms with E-state index in [-0.39, 0.29) is 23.8 Å². The number of likely N-dealkylation sites (tertiary alicyclic amines) is 1. The monoisotopic (exact) mass is 394 g/mol. The molecule has 0 aromatic rings. The highest BCUT2D eigenvalue weighted by Crippen LogP contribution is 2.64. The number of piperidine rings is 1. The van der Waals surface area contributed by atoms with E-state index in [0.717, 1.165) is 4.90 Å². The maximum Gasteiger partial charge on any atom is 0.471 e. The summed E-state index contributed by atoms with van der Waals surface area (Å²) in [6.07, 6.45) is -5.95. The Kier molecular flexibility index (Phi) is 5.17.